The lowest BCUT2D eigenvalue weighted by atomic mass is 9.82. The van der Waals surface area contributed by atoms with Gasteiger partial charge in [0.05, 0.1) is 10.4 Å². The zero-order valence-electron chi connectivity index (χ0n) is 20.7. The summed E-state index contributed by atoms with van der Waals surface area (Å²) in [6.07, 6.45) is 3.99. The number of benzene rings is 2. The summed E-state index contributed by atoms with van der Waals surface area (Å²) in [5.74, 6) is 2.42. The lowest BCUT2D eigenvalue weighted by Crippen LogP contribution is -2.32. The molecule has 0 atom stereocenters. The highest BCUT2D eigenvalue weighted by Crippen LogP contribution is 2.30. The Morgan fingerprint density at radius 3 is 2.17 bits per heavy atom. The number of nitrogens with one attached hydrogen (secondary N) is 2. The van der Waals surface area contributed by atoms with Gasteiger partial charge in [-0.25, -0.2) is 18.1 Å². The second kappa shape index (κ2) is 11.9. The summed E-state index contributed by atoms with van der Waals surface area (Å²) in [5.41, 5.74) is 0.939. The van der Waals surface area contributed by atoms with Gasteiger partial charge >= 0.3 is 0 Å². The second-order valence-corrected chi connectivity index (χ2v) is 11.9. The minimum Gasteiger partial charge on any atom is -0.356 e. The Balaban J connectivity index is 1.31. The first-order valence-corrected chi connectivity index (χ1v) is 14.7. The van der Waals surface area contributed by atoms with E-state index in [4.69, 9.17) is 33.2 Å². The van der Waals surface area contributed by atoms with Gasteiger partial charge < -0.3 is 10.2 Å². The van der Waals surface area contributed by atoms with Gasteiger partial charge in [-0.2, -0.15) is 4.98 Å². The Bertz CT molecular complexity index is 1270. The maximum Gasteiger partial charge on any atom is 0.240 e. The van der Waals surface area contributed by atoms with Gasteiger partial charge in [0.25, 0.3) is 0 Å². The number of anilines is 2. The van der Waals surface area contributed by atoms with Crippen LogP contribution in [0.15, 0.2) is 47.4 Å². The van der Waals surface area contributed by atoms with Gasteiger partial charge in [-0.15, -0.1) is 0 Å². The summed E-state index contributed by atoms with van der Waals surface area (Å²) in [4.78, 5) is 11.9. The summed E-state index contributed by atoms with van der Waals surface area (Å²) in [6, 6.07) is 12.5. The largest absolute Gasteiger partial charge is 0.356 e. The van der Waals surface area contributed by atoms with Crippen molar-refractivity contribution >= 4 is 55.9 Å². The van der Waals surface area contributed by atoms with Crippen molar-refractivity contribution in [2.45, 2.75) is 44.4 Å². The van der Waals surface area contributed by atoms with Gasteiger partial charge in [0.2, 0.25) is 16.0 Å². The molecule has 1 heterocycles. The number of hydrogen-bond donors (Lipinski definition) is 2. The molecule has 1 aromatic heterocycles. The number of fused-ring (bicyclic) bond motifs is 1. The van der Waals surface area contributed by atoms with Crippen molar-refractivity contribution in [3.63, 3.8) is 0 Å². The van der Waals surface area contributed by atoms with E-state index in [1.807, 2.05) is 18.2 Å². The predicted molar refractivity (Wildman–Crippen MR) is 149 cm³/mol. The molecule has 10 heteroatoms. The van der Waals surface area contributed by atoms with E-state index in [0.29, 0.717) is 34.4 Å². The van der Waals surface area contributed by atoms with Crippen LogP contribution in [0.25, 0.3) is 10.9 Å². The number of halogens is 2. The quantitative estimate of drug-likeness (QED) is 0.323. The molecule has 0 radical (unpaired) electrons. The lowest BCUT2D eigenvalue weighted by Gasteiger charge is -2.29. The smallest absolute Gasteiger partial charge is 0.240 e. The van der Waals surface area contributed by atoms with E-state index in [1.54, 1.807) is 0 Å². The highest BCUT2D eigenvalue weighted by Gasteiger charge is 2.24. The van der Waals surface area contributed by atoms with Gasteiger partial charge in [0.1, 0.15) is 5.82 Å². The molecule has 194 valence electrons. The zero-order valence-corrected chi connectivity index (χ0v) is 23.0. The van der Waals surface area contributed by atoms with E-state index in [2.05, 4.69) is 34.9 Å². The summed E-state index contributed by atoms with van der Waals surface area (Å²) in [7, 11) is -3.65. The van der Waals surface area contributed by atoms with E-state index in [1.165, 1.54) is 18.2 Å². The minimum absolute atomic E-state index is 0.0948. The van der Waals surface area contributed by atoms with Crippen molar-refractivity contribution in [2.24, 2.45) is 11.8 Å². The van der Waals surface area contributed by atoms with Crippen molar-refractivity contribution in [1.82, 2.24) is 14.7 Å². The molecular weight excluding hydrogens is 517 g/mol. The van der Waals surface area contributed by atoms with Crippen LogP contribution in [0.1, 0.15) is 39.5 Å². The average molecular weight is 551 g/mol. The molecule has 1 aliphatic carbocycles. The molecule has 7 nitrogen and oxygen atoms in total. The SMILES string of the molecule is CCN(CC)c1nc(NCC2CCC(CNS(=O)(=O)c3cc(Cl)cc(Cl)c3)CC2)nc2ccccc12. The average Bonchev–Trinajstić information content (AvgIpc) is 2.87. The molecule has 0 saturated heterocycles. The molecule has 36 heavy (non-hydrogen) atoms. The fourth-order valence-corrected chi connectivity index (χ4v) is 6.61. The molecule has 4 rings (SSSR count). The first-order valence-electron chi connectivity index (χ1n) is 12.5. The molecule has 1 aliphatic rings. The first-order chi connectivity index (χ1) is 17.3. The van der Waals surface area contributed by atoms with E-state index in [-0.39, 0.29) is 4.90 Å². The highest BCUT2D eigenvalue weighted by atomic mass is 35.5. The maximum absolute atomic E-state index is 12.7. The van der Waals surface area contributed by atoms with Crippen molar-refractivity contribution in [1.29, 1.82) is 0 Å². The fraction of sp³-hybridized carbons (Fsp3) is 0.462. The van der Waals surface area contributed by atoms with Crippen LogP contribution < -0.4 is 14.9 Å². The zero-order chi connectivity index (χ0) is 25.7. The van der Waals surface area contributed by atoms with E-state index >= 15 is 0 Å². The summed E-state index contributed by atoms with van der Waals surface area (Å²) in [6.45, 7) is 7.25. The molecule has 0 unspecified atom stereocenters. The minimum atomic E-state index is -3.65. The molecule has 2 aromatic carbocycles. The lowest BCUT2D eigenvalue weighted by molar-refractivity contribution is 0.284. The molecule has 1 fully saturated rings. The Morgan fingerprint density at radius 1 is 0.917 bits per heavy atom. The van der Waals surface area contributed by atoms with E-state index < -0.39 is 10.0 Å². The monoisotopic (exact) mass is 549 g/mol. The third-order valence-electron chi connectivity index (χ3n) is 6.87. The van der Waals surface area contributed by atoms with Crippen LogP contribution in [0.4, 0.5) is 11.8 Å². The number of hydrogen-bond acceptors (Lipinski definition) is 6. The summed E-state index contributed by atoms with van der Waals surface area (Å²) >= 11 is 11.9. The van der Waals surface area contributed by atoms with Gasteiger partial charge in [-0.05, 0) is 81.7 Å². The Kier molecular flexibility index (Phi) is 8.93. The molecular formula is C26H33Cl2N5O2S. The van der Waals surface area contributed by atoms with Crippen LogP contribution in [0.2, 0.25) is 10.0 Å². The predicted octanol–water partition coefficient (Wildman–Crippen LogP) is 5.98. The Hall–Kier alpha value is -2.13. The molecule has 2 N–H and O–H groups in total. The van der Waals surface area contributed by atoms with Gasteiger partial charge in [0, 0.05) is 41.6 Å². The molecule has 3 aromatic rings. The number of nitrogens with zero attached hydrogens (tertiary/aromatic N) is 3. The van der Waals surface area contributed by atoms with Crippen molar-refractivity contribution < 1.29 is 8.42 Å². The van der Waals surface area contributed by atoms with Crippen LogP contribution >= 0.6 is 23.2 Å². The first kappa shape index (κ1) is 26.9. The van der Waals surface area contributed by atoms with Crippen LogP contribution in [0.3, 0.4) is 0 Å². The van der Waals surface area contributed by atoms with Crippen LogP contribution in [-0.2, 0) is 10.0 Å². The van der Waals surface area contributed by atoms with Crippen molar-refractivity contribution in [3.05, 3.63) is 52.5 Å². The Morgan fingerprint density at radius 2 is 1.53 bits per heavy atom. The molecule has 0 aliphatic heterocycles. The fourth-order valence-electron chi connectivity index (χ4n) is 4.77. The van der Waals surface area contributed by atoms with Gasteiger partial charge in [-0.3, -0.25) is 0 Å². The highest BCUT2D eigenvalue weighted by molar-refractivity contribution is 7.89. The van der Waals surface area contributed by atoms with E-state index in [0.717, 1.165) is 62.0 Å². The maximum atomic E-state index is 12.7. The van der Waals surface area contributed by atoms with E-state index in [9.17, 15) is 8.42 Å². The number of para-hydroxylation sites is 1. The van der Waals surface area contributed by atoms with Crippen LogP contribution in [0, 0.1) is 11.8 Å². The van der Waals surface area contributed by atoms with Crippen LogP contribution in [-0.4, -0.2) is 44.6 Å². The molecule has 0 amide bonds. The normalized spacial score (nSPS) is 18.3. The second-order valence-electron chi connectivity index (χ2n) is 9.28. The number of sulfonamides is 1. The third kappa shape index (κ3) is 6.59. The Labute approximate surface area is 223 Å². The topological polar surface area (TPSA) is 87.2 Å². The third-order valence-corrected chi connectivity index (χ3v) is 8.71. The molecule has 0 spiro atoms. The van der Waals surface area contributed by atoms with Crippen molar-refractivity contribution in [3.8, 4) is 0 Å². The summed E-state index contributed by atoms with van der Waals surface area (Å²) in [5, 5.41) is 5.14. The number of rotatable bonds is 10. The summed E-state index contributed by atoms with van der Waals surface area (Å²) < 4.78 is 28.1. The molecule has 1 saturated carbocycles. The standard InChI is InChI=1S/C26H33Cl2N5O2S/c1-3-33(4-2)25-23-7-5-6-8-24(23)31-26(32-25)29-16-18-9-11-19(12-10-18)17-30-36(34,35)22-14-20(27)13-21(28)15-22/h5-8,13-15,18-19,30H,3-4,9-12,16-17H2,1-2H3,(H,29,31,32). The van der Waals surface area contributed by atoms with Crippen molar-refractivity contribution in [2.75, 3.05) is 36.4 Å². The number of aromatic nitrogens is 2. The van der Waals surface area contributed by atoms with Gasteiger partial charge in [-0.1, -0.05) is 35.3 Å². The van der Waals surface area contributed by atoms with Crippen LogP contribution in [0.5, 0.6) is 0 Å². The molecule has 0 bridgehead atoms. The van der Waals surface area contributed by atoms with Gasteiger partial charge in [0.15, 0.2) is 0 Å².